The van der Waals surface area contributed by atoms with Crippen LogP contribution in [0.2, 0.25) is 0 Å². The molecule has 0 amide bonds. The summed E-state index contributed by atoms with van der Waals surface area (Å²) in [5.74, 6) is -0.496. The summed E-state index contributed by atoms with van der Waals surface area (Å²) in [6, 6.07) is 0. The first kappa shape index (κ1) is 26.8. The Morgan fingerprint density at radius 1 is 0.800 bits per heavy atom. The van der Waals surface area contributed by atoms with Gasteiger partial charge in [0.2, 0.25) is 0 Å². The van der Waals surface area contributed by atoms with Crippen molar-refractivity contribution in [3.8, 4) is 0 Å². The molecule has 2 heterocycles. The normalized spacial score (nSPS) is 20.1. The molecular formula is C22H44N4O4. The lowest BCUT2D eigenvalue weighted by Gasteiger charge is -2.39. The van der Waals surface area contributed by atoms with E-state index in [-0.39, 0.29) is 18.3 Å². The first-order valence-corrected chi connectivity index (χ1v) is 11.8. The third-order valence-electron chi connectivity index (χ3n) is 6.47. The van der Waals surface area contributed by atoms with E-state index in [1.807, 2.05) is 0 Å². The molecule has 2 aliphatic heterocycles. The molecule has 0 aromatic heterocycles. The maximum atomic E-state index is 12.2. The molecule has 2 atom stereocenters. The predicted octanol–water partition coefficient (Wildman–Crippen LogP) is 1.63. The summed E-state index contributed by atoms with van der Waals surface area (Å²) in [7, 11) is 0. The van der Waals surface area contributed by atoms with Crippen LogP contribution in [0.1, 0.15) is 64.2 Å². The standard InChI is InChI=1S/C20H36N2O4.C2H8N2/c23-18(24)6-4-2-1-3-5-17(15-7-11-21-12-8-15)19(20(25)26)16-9-13-22-14-10-16;3-1-2-4/h15-17,19,21-22H,1-14H2,(H,23,24)(H,25,26);1-4H2. The Hall–Kier alpha value is -1.22. The lowest BCUT2D eigenvalue weighted by Crippen LogP contribution is -2.42. The number of carboxylic acid groups (broad SMARTS) is 2. The van der Waals surface area contributed by atoms with Crippen molar-refractivity contribution in [1.82, 2.24) is 10.6 Å². The van der Waals surface area contributed by atoms with Gasteiger partial charge in [0.1, 0.15) is 0 Å². The Balaban J connectivity index is 0.00000103. The minimum Gasteiger partial charge on any atom is -0.481 e. The Kier molecular flexibility index (Phi) is 14.7. The second kappa shape index (κ2) is 16.5. The average Bonchev–Trinajstić information content (AvgIpc) is 2.76. The molecule has 0 aromatic rings. The van der Waals surface area contributed by atoms with E-state index >= 15 is 0 Å². The topological polar surface area (TPSA) is 151 Å². The maximum absolute atomic E-state index is 12.2. The van der Waals surface area contributed by atoms with Crippen molar-refractivity contribution in [3.05, 3.63) is 0 Å². The van der Waals surface area contributed by atoms with Crippen LogP contribution in [0.25, 0.3) is 0 Å². The van der Waals surface area contributed by atoms with Crippen LogP contribution in [0, 0.1) is 23.7 Å². The van der Waals surface area contributed by atoms with E-state index in [0.29, 0.717) is 24.9 Å². The van der Waals surface area contributed by atoms with Crippen molar-refractivity contribution >= 4 is 11.9 Å². The van der Waals surface area contributed by atoms with Gasteiger partial charge in [-0.15, -0.1) is 0 Å². The van der Waals surface area contributed by atoms with Crippen LogP contribution in [-0.4, -0.2) is 61.4 Å². The molecule has 0 spiro atoms. The van der Waals surface area contributed by atoms with Crippen LogP contribution in [-0.2, 0) is 9.59 Å². The first-order chi connectivity index (χ1) is 14.5. The SMILES string of the molecule is NCCN.O=C(O)CCCCCCC(C1CCNCC1)C(C(=O)O)C1CCNCC1. The summed E-state index contributed by atoms with van der Waals surface area (Å²) in [5.41, 5.74) is 9.81. The van der Waals surface area contributed by atoms with Crippen LogP contribution < -0.4 is 22.1 Å². The molecule has 0 radical (unpaired) electrons. The van der Waals surface area contributed by atoms with Crippen molar-refractivity contribution in [2.75, 3.05) is 39.3 Å². The van der Waals surface area contributed by atoms with Crippen molar-refractivity contribution in [1.29, 1.82) is 0 Å². The van der Waals surface area contributed by atoms with E-state index in [2.05, 4.69) is 10.6 Å². The number of rotatable bonds is 12. The second-order valence-electron chi connectivity index (χ2n) is 8.63. The summed E-state index contributed by atoms with van der Waals surface area (Å²) in [6.07, 6.45) is 8.99. The number of unbranched alkanes of at least 4 members (excludes halogenated alkanes) is 3. The fraction of sp³-hybridized carbons (Fsp3) is 0.909. The van der Waals surface area contributed by atoms with Gasteiger partial charge in [0.15, 0.2) is 0 Å². The van der Waals surface area contributed by atoms with Crippen molar-refractivity contribution in [3.63, 3.8) is 0 Å². The number of carboxylic acids is 2. The molecular weight excluding hydrogens is 384 g/mol. The second-order valence-corrected chi connectivity index (χ2v) is 8.63. The van der Waals surface area contributed by atoms with Crippen LogP contribution in [0.5, 0.6) is 0 Å². The van der Waals surface area contributed by atoms with E-state index in [0.717, 1.165) is 84.0 Å². The summed E-state index contributed by atoms with van der Waals surface area (Å²) in [6.45, 7) is 5.06. The molecule has 0 aromatic carbocycles. The zero-order valence-electron chi connectivity index (χ0n) is 18.5. The van der Waals surface area contributed by atoms with Gasteiger partial charge in [0.05, 0.1) is 5.92 Å². The van der Waals surface area contributed by atoms with Crippen LogP contribution in [0.15, 0.2) is 0 Å². The summed E-state index contributed by atoms with van der Waals surface area (Å²) >= 11 is 0. The van der Waals surface area contributed by atoms with Gasteiger partial charge in [-0.05, 0) is 82.5 Å². The maximum Gasteiger partial charge on any atom is 0.307 e. The van der Waals surface area contributed by atoms with Gasteiger partial charge in [-0.3, -0.25) is 9.59 Å². The summed E-state index contributed by atoms with van der Waals surface area (Å²) < 4.78 is 0. The molecule has 30 heavy (non-hydrogen) atoms. The Morgan fingerprint density at radius 2 is 1.30 bits per heavy atom. The highest BCUT2D eigenvalue weighted by Crippen LogP contribution is 2.39. The lowest BCUT2D eigenvalue weighted by molar-refractivity contribution is -0.148. The monoisotopic (exact) mass is 428 g/mol. The molecule has 2 unspecified atom stereocenters. The van der Waals surface area contributed by atoms with Gasteiger partial charge in [-0.2, -0.15) is 0 Å². The third kappa shape index (κ3) is 10.7. The molecule has 176 valence electrons. The van der Waals surface area contributed by atoms with Gasteiger partial charge < -0.3 is 32.3 Å². The van der Waals surface area contributed by atoms with E-state index < -0.39 is 11.9 Å². The molecule has 2 saturated heterocycles. The molecule has 0 saturated carbocycles. The van der Waals surface area contributed by atoms with E-state index in [1.54, 1.807) is 0 Å². The summed E-state index contributed by atoms with van der Waals surface area (Å²) in [5, 5.41) is 25.5. The number of carbonyl (C=O) groups is 2. The number of nitrogens with one attached hydrogen (secondary N) is 2. The van der Waals surface area contributed by atoms with Gasteiger partial charge in [0, 0.05) is 19.5 Å². The highest BCUT2D eigenvalue weighted by molar-refractivity contribution is 5.71. The Bertz CT molecular complexity index is 464. The zero-order chi connectivity index (χ0) is 22.2. The third-order valence-corrected chi connectivity index (χ3v) is 6.47. The minimum atomic E-state index is -0.727. The fourth-order valence-electron chi connectivity index (χ4n) is 4.93. The average molecular weight is 429 g/mol. The smallest absolute Gasteiger partial charge is 0.307 e. The quantitative estimate of drug-likeness (QED) is 0.257. The molecule has 8 nitrogen and oxygen atoms in total. The van der Waals surface area contributed by atoms with Crippen LogP contribution in [0.3, 0.4) is 0 Å². The predicted molar refractivity (Wildman–Crippen MR) is 119 cm³/mol. The van der Waals surface area contributed by atoms with Crippen LogP contribution >= 0.6 is 0 Å². The van der Waals surface area contributed by atoms with E-state index in [4.69, 9.17) is 16.6 Å². The molecule has 2 aliphatic rings. The highest BCUT2D eigenvalue weighted by Gasteiger charge is 2.39. The number of aliphatic carboxylic acids is 2. The fourth-order valence-corrected chi connectivity index (χ4v) is 4.93. The molecule has 0 aliphatic carbocycles. The summed E-state index contributed by atoms with van der Waals surface area (Å²) in [4.78, 5) is 22.8. The molecule has 8 N–H and O–H groups in total. The van der Waals surface area contributed by atoms with Crippen molar-refractivity contribution in [2.24, 2.45) is 35.1 Å². The number of hydrogen-bond acceptors (Lipinski definition) is 6. The van der Waals surface area contributed by atoms with Crippen LogP contribution in [0.4, 0.5) is 0 Å². The van der Waals surface area contributed by atoms with Gasteiger partial charge >= 0.3 is 11.9 Å². The van der Waals surface area contributed by atoms with Gasteiger partial charge in [-0.25, -0.2) is 0 Å². The Morgan fingerprint density at radius 3 is 1.77 bits per heavy atom. The highest BCUT2D eigenvalue weighted by atomic mass is 16.4. The lowest BCUT2D eigenvalue weighted by atomic mass is 9.68. The number of hydrogen-bond donors (Lipinski definition) is 6. The largest absolute Gasteiger partial charge is 0.481 e. The van der Waals surface area contributed by atoms with E-state index in [1.165, 1.54) is 0 Å². The van der Waals surface area contributed by atoms with Gasteiger partial charge in [-0.1, -0.05) is 19.3 Å². The Labute approximate surface area is 181 Å². The number of piperidine rings is 2. The van der Waals surface area contributed by atoms with E-state index in [9.17, 15) is 14.7 Å². The number of nitrogens with two attached hydrogens (primary N) is 2. The minimum absolute atomic E-state index is 0.223. The first-order valence-electron chi connectivity index (χ1n) is 11.8. The zero-order valence-corrected chi connectivity index (χ0v) is 18.5. The molecule has 2 fully saturated rings. The van der Waals surface area contributed by atoms with Gasteiger partial charge in [0.25, 0.3) is 0 Å². The van der Waals surface area contributed by atoms with Crippen molar-refractivity contribution in [2.45, 2.75) is 64.2 Å². The molecule has 8 heteroatoms. The van der Waals surface area contributed by atoms with Crippen molar-refractivity contribution < 1.29 is 19.8 Å². The molecule has 2 rings (SSSR count). The molecule has 0 bridgehead atoms.